The first-order chi connectivity index (χ1) is 9.13. The number of benzene rings is 1. The van der Waals surface area contributed by atoms with Crippen LogP contribution in [0.3, 0.4) is 0 Å². The Hall–Kier alpha value is -1.20. The topological polar surface area (TPSA) is 30.5 Å². The number of ether oxygens (including phenoxy) is 2. The molecule has 1 N–H and O–H groups in total. The molecule has 0 aromatic heterocycles. The van der Waals surface area contributed by atoms with Crippen molar-refractivity contribution in [3.05, 3.63) is 29.8 Å². The molecule has 1 aromatic rings. The molecule has 0 aliphatic carbocycles. The molecular weight excluding hydrogens is 252 g/mol. The number of nitrogens with one attached hydrogen (secondary N) is 1. The van der Waals surface area contributed by atoms with Crippen molar-refractivity contribution in [1.82, 2.24) is 5.32 Å². The van der Waals surface area contributed by atoms with Gasteiger partial charge in [0.2, 0.25) is 0 Å². The lowest BCUT2D eigenvalue weighted by Gasteiger charge is -2.12. The van der Waals surface area contributed by atoms with E-state index >= 15 is 0 Å². The number of hydrogen-bond acceptors (Lipinski definition) is 3. The van der Waals surface area contributed by atoms with Crippen LogP contribution in [0.2, 0.25) is 0 Å². The summed E-state index contributed by atoms with van der Waals surface area (Å²) < 4.78 is 33.9. The summed E-state index contributed by atoms with van der Waals surface area (Å²) >= 11 is 0. The van der Waals surface area contributed by atoms with Crippen LogP contribution in [0.25, 0.3) is 0 Å². The first-order valence-electron chi connectivity index (χ1n) is 6.53. The average Bonchev–Trinajstić information content (AvgIpc) is 2.77. The van der Waals surface area contributed by atoms with Crippen LogP contribution in [0.4, 0.5) is 8.78 Å². The molecule has 0 saturated carbocycles. The fourth-order valence-electron chi connectivity index (χ4n) is 2.20. The fourth-order valence-corrected chi connectivity index (χ4v) is 2.20. The van der Waals surface area contributed by atoms with Gasteiger partial charge in [-0.3, -0.25) is 0 Å². The second-order valence-electron chi connectivity index (χ2n) is 4.80. The minimum absolute atomic E-state index is 0.187. The standard InChI is InChI=1S/C14H19F2NO2/c1-10-2-5-13(18-10)9-17-8-11-3-6-12(7-4-11)19-14(15)16/h3-4,6-7,10,13-14,17H,2,5,8-9H2,1H3. The predicted octanol–water partition coefficient (Wildman–Crippen LogP) is 2.95. The van der Waals surface area contributed by atoms with E-state index in [1.165, 1.54) is 0 Å². The second-order valence-corrected chi connectivity index (χ2v) is 4.80. The van der Waals surface area contributed by atoms with Gasteiger partial charge in [0, 0.05) is 13.1 Å². The molecule has 2 atom stereocenters. The lowest BCUT2D eigenvalue weighted by molar-refractivity contribution is -0.0498. The number of hydrogen-bond donors (Lipinski definition) is 1. The van der Waals surface area contributed by atoms with Crippen LogP contribution >= 0.6 is 0 Å². The van der Waals surface area contributed by atoms with E-state index in [2.05, 4.69) is 17.0 Å². The smallest absolute Gasteiger partial charge is 0.387 e. The van der Waals surface area contributed by atoms with Gasteiger partial charge in [-0.05, 0) is 37.5 Å². The van der Waals surface area contributed by atoms with Gasteiger partial charge in [-0.25, -0.2) is 0 Å². The van der Waals surface area contributed by atoms with Gasteiger partial charge in [0.05, 0.1) is 12.2 Å². The monoisotopic (exact) mass is 271 g/mol. The van der Waals surface area contributed by atoms with E-state index in [1.807, 2.05) is 0 Å². The Kier molecular flexibility index (Phi) is 5.10. The van der Waals surface area contributed by atoms with E-state index in [0.717, 1.165) is 24.9 Å². The van der Waals surface area contributed by atoms with E-state index in [4.69, 9.17) is 4.74 Å². The Morgan fingerprint density at radius 3 is 2.63 bits per heavy atom. The van der Waals surface area contributed by atoms with Gasteiger partial charge >= 0.3 is 6.61 Å². The minimum Gasteiger partial charge on any atom is -0.435 e. The van der Waals surface area contributed by atoms with Crippen molar-refractivity contribution >= 4 is 0 Å². The average molecular weight is 271 g/mol. The van der Waals surface area contributed by atoms with Crippen molar-refractivity contribution in [2.24, 2.45) is 0 Å². The van der Waals surface area contributed by atoms with Crippen molar-refractivity contribution in [2.45, 2.75) is 45.1 Å². The highest BCUT2D eigenvalue weighted by Crippen LogP contribution is 2.18. The Labute approximate surface area is 111 Å². The largest absolute Gasteiger partial charge is 0.435 e. The summed E-state index contributed by atoms with van der Waals surface area (Å²) in [6, 6.07) is 6.67. The maximum Gasteiger partial charge on any atom is 0.387 e. The third-order valence-corrected chi connectivity index (χ3v) is 3.17. The number of alkyl halides is 2. The summed E-state index contributed by atoms with van der Waals surface area (Å²) in [4.78, 5) is 0. The zero-order valence-corrected chi connectivity index (χ0v) is 10.9. The van der Waals surface area contributed by atoms with Crippen molar-refractivity contribution in [3.63, 3.8) is 0 Å². The lowest BCUT2D eigenvalue weighted by Crippen LogP contribution is -2.26. The van der Waals surface area contributed by atoms with Gasteiger partial charge in [-0.1, -0.05) is 12.1 Å². The molecule has 1 aromatic carbocycles. The zero-order valence-electron chi connectivity index (χ0n) is 10.9. The summed E-state index contributed by atoms with van der Waals surface area (Å²) in [7, 11) is 0. The highest BCUT2D eigenvalue weighted by atomic mass is 19.3. The summed E-state index contributed by atoms with van der Waals surface area (Å²) in [6.45, 7) is 0.829. The number of rotatable bonds is 6. The molecule has 1 saturated heterocycles. The Balaban J connectivity index is 1.71. The van der Waals surface area contributed by atoms with Gasteiger partial charge < -0.3 is 14.8 Å². The van der Waals surface area contributed by atoms with Gasteiger partial charge in [0.1, 0.15) is 5.75 Å². The zero-order chi connectivity index (χ0) is 13.7. The van der Waals surface area contributed by atoms with E-state index in [0.29, 0.717) is 12.6 Å². The van der Waals surface area contributed by atoms with Crippen LogP contribution in [0.15, 0.2) is 24.3 Å². The highest BCUT2D eigenvalue weighted by Gasteiger charge is 2.20. The molecule has 1 aliphatic heterocycles. The van der Waals surface area contributed by atoms with E-state index in [-0.39, 0.29) is 11.9 Å². The first kappa shape index (κ1) is 14.2. The van der Waals surface area contributed by atoms with Crippen LogP contribution in [0.5, 0.6) is 5.75 Å². The Morgan fingerprint density at radius 2 is 2.05 bits per heavy atom. The third-order valence-electron chi connectivity index (χ3n) is 3.17. The molecule has 1 aliphatic rings. The molecule has 0 bridgehead atoms. The lowest BCUT2D eigenvalue weighted by atomic mass is 10.2. The van der Waals surface area contributed by atoms with Crippen molar-refractivity contribution in [2.75, 3.05) is 6.54 Å². The molecule has 1 fully saturated rings. The van der Waals surface area contributed by atoms with Crippen molar-refractivity contribution in [1.29, 1.82) is 0 Å². The highest BCUT2D eigenvalue weighted by molar-refractivity contribution is 5.27. The molecule has 2 unspecified atom stereocenters. The molecule has 5 heteroatoms. The molecule has 0 radical (unpaired) electrons. The van der Waals surface area contributed by atoms with Crippen LogP contribution in [0, 0.1) is 0 Å². The summed E-state index contributed by atoms with van der Waals surface area (Å²) in [5.74, 6) is 0.187. The van der Waals surface area contributed by atoms with Crippen molar-refractivity contribution < 1.29 is 18.3 Å². The maximum absolute atomic E-state index is 12.0. The van der Waals surface area contributed by atoms with E-state index in [1.54, 1.807) is 24.3 Å². The number of halogens is 2. The molecule has 106 valence electrons. The van der Waals surface area contributed by atoms with E-state index < -0.39 is 6.61 Å². The Bertz CT molecular complexity index is 384. The second kappa shape index (κ2) is 6.82. The summed E-state index contributed by atoms with van der Waals surface area (Å²) in [5.41, 5.74) is 1.03. The molecule has 1 heterocycles. The maximum atomic E-state index is 12.0. The van der Waals surface area contributed by atoms with E-state index in [9.17, 15) is 8.78 Å². The van der Waals surface area contributed by atoms with Gasteiger partial charge in [-0.15, -0.1) is 0 Å². The minimum atomic E-state index is -2.77. The van der Waals surface area contributed by atoms with Gasteiger partial charge in [-0.2, -0.15) is 8.78 Å². The van der Waals surface area contributed by atoms with Gasteiger partial charge in [0.15, 0.2) is 0 Å². The molecule has 0 amide bonds. The fraction of sp³-hybridized carbons (Fsp3) is 0.571. The normalized spacial score (nSPS) is 22.9. The van der Waals surface area contributed by atoms with Crippen LogP contribution in [-0.2, 0) is 11.3 Å². The molecule has 2 rings (SSSR count). The Morgan fingerprint density at radius 1 is 1.32 bits per heavy atom. The van der Waals surface area contributed by atoms with Crippen LogP contribution in [-0.4, -0.2) is 25.4 Å². The molecule has 19 heavy (non-hydrogen) atoms. The third kappa shape index (κ3) is 4.76. The summed E-state index contributed by atoms with van der Waals surface area (Å²) in [6.07, 6.45) is 2.86. The van der Waals surface area contributed by atoms with Crippen LogP contribution < -0.4 is 10.1 Å². The first-order valence-corrected chi connectivity index (χ1v) is 6.53. The molecule has 3 nitrogen and oxygen atoms in total. The molecular formula is C14H19F2NO2. The van der Waals surface area contributed by atoms with Gasteiger partial charge in [0.25, 0.3) is 0 Å². The summed E-state index contributed by atoms with van der Waals surface area (Å²) in [5, 5.41) is 3.31. The quantitative estimate of drug-likeness (QED) is 0.863. The van der Waals surface area contributed by atoms with Crippen LogP contribution in [0.1, 0.15) is 25.3 Å². The van der Waals surface area contributed by atoms with Crippen molar-refractivity contribution in [3.8, 4) is 5.75 Å². The predicted molar refractivity (Wildman–Crippen MR) is 68.3 cm³/mol. The SMILES string of the molecule is CC1CCC(CNCc2ccc(OC(F)F)cc2)O1. The molecule has 0 spiro atoms.